The molecule has 9 heteroatoms. The number of anilines is 1. The second kappa shape index (κ2) is 6.12. The maximum atomic E-state index is 14.3. The van der Waals surface area contributed by atoms with Crippen molar-refractivity contribution in [2.24, 2.45) is 10.7 Å². The molecule has 0 radical (unpaired) electrons. The van der Waals surface area contributed by atoms with Gasteiger partial charge in [-0.3, -0.25) is 9.89 Å². The second-order valence-electron chi connectivity index (χ2n) is 5.56. The van der Waals surface area contributed by atoms with Crippen LogP contribution in [0.25, 0.3) is 0 Å². The number of nitrogens with two attached hydrogens (primary N) is 1. The number of rotatable bonds is 3. The molecule has 1 aromatic heterocycles. The number of amidine groups is 1. The molecule has 0 unspecified atom stereocenters. The Morgan fingerprint density at radius 2 is 2.33 bits per heavy atom. The fourth-order valence-electron chi connectivity index (χ4n) is 2.52. The van der Waals surface area contributed by atoms with E-state index in [2.05, 4.69) is 20.5 Å². The normalized spacial score (nSPS) is 20.2. The van der Waals surface area contributed by atoms with E-state index in [1.807, 2.05) is 0 Å². The molecule has 24 heavy (non-hydrogen) atoms. The van der Waals surface area contributed by atoms with Crippen LogP contribution in [-0.2, 0) is 10.3 Å². The molecule has 3 rings (SSSR count). The number of benzene rings is 1. The SMILES string of the molecule is C[C@@]1(c2cc(NC(=O)c3[nH]ncc3Cl)ccc2F)CCOC(N)=N1. The van der Waals surface area contributed by atoms with Crippen molar-refractivity contribution < 1.29 is 13.9 Å². The van der Waals surface area contributed by atoms with Gasteiger partial charge in [-0.25, -0.2) is 9.38 Å². The smallest absolute Gasteiger partial charge is 0.282 e. The molecule has 0 fully saturated rings. The molecule has 2 aromatic rings. The number of carbonyl (C=O) groups excluding carboxylic acids is 1. The van der Waals surface area contributed by atoms with Gasteiger partial charge < -0.3 is 15.8 Å². The van der Waals surface area contributed by atoms with Crippen LogP contribution in [0.5, 0.6) is 0 Å². The van der Waals surface area contributed by atoms with E-state index in [4.69, 9.17) is 22.1 Å². The van der Waals surface area contributed by atoms with E-state index >= 15 is 0 Å². The number of ether oxygens (including phenoxy) is 1. The summed E-state index contributed by atoms with van der Waals surface area (Å²) in [4.78, 5) is 16.4. The van der Waals surface area contributed by atoms with Crippen LogP contribution >= 0.6 is 11.6 Å². The maximum Gasteiger partial charge on any atom is 0.282 e. The summed E-state index contributed by atoms with van der Waals surface area (Å²) in [7, 11) is 0. The van der Waals surface area contributed by atoms with Crippen LogP contribution in [-0.4, -0.2) is 28.7 Å². The van der Waals surface area contributed by atoms with Crippen molar-refractivity contribution in [2.45, 2.75) is 18.9 Å². The van der Waals surface area contributed by atoms with Gasteiger partial charge in [0.05, 0.1) is 23.4 Å². The van der Waals surface area contributed by atoms with Crippen LogP contribution in [0.4, 0.5) is 10.1 Å². The molecule has 1 amide bonds. The molecule has 1 aromatic carbocycles. The summed E-state index contributed by atoms with van der Waals surface area (Å²) < 4.78 is 19.4. The minimum atomic E-state index is -0.862. The highest BCUT2D eigenvalue weighted by atomic mass is 35.5. The predicted molar refractivity (Wildman–Crippen MR) is 87.5 cm³/mol. The molecular formula is C15H15ClFN5O2. The molecule has 7 nitrogen and oxygen atoms in total. The van der Waals surface area contributed by atoms with Crippen molar-refractivity contribution in [1.29, 1.82) is 0 Å². The number of amides is 1. The van der Waals surface area contributed by atoms with E-state index in [9.17, 15) is 9.18 Å². The Morgan fingerprint density at radius 3 is 3.00 bits per heavy atom. The van der Waals surface area contributed by atoms with E-state index in [0.29, 0.717) is 24.3 Å². The van der Waals surface area contributed by atoms with Gasteiger partial charge in [-0.1, -0.05) is 11.6 Å². The number of hydrogen-bond acceptors (Lipinski definition) is 5. The zero-order valence-corrected chi connectivity index (χ0v) is 13.5. The lowest BCUT2D eigenvalue weighted by Gasteiger charge is -2.30. The Kier molecular flexibility index (Phi) is 4.15. The minimum absolute atomic E-state index is 0.0156. The van der Waals surface area contributed by atoms with Crippen molar-refractivity contribution in [1.82, 2.24) is 10.2 Å². The molecule has 1 aliphatic rings. The van der Waals surface area contributed by atoms with E-state index in [1.54, 1.807) is 6.92 Å². The third-order valence-corrected chi connectivity index (χ3v) is 4.11. The molecule has 1 atom stereocenters. The number of hydrogen-bond donors (Lipinski definition) is 3. The maximum absolute atomic E-state index is 14.3. The minimum Gasteiger partial charge on any atom is -0.465 e. The van der Waals surface area contributed by atoms with Crippen molar-refractivity contribution >= 4 is 29.2 Å². The average Bonchev–Trinajstić information content (AvgIpc) is 2.95. The van der Waals surface area contributed by atoms with Crippen molar-refractivity contribution in [2.75, 3.05) is 11.9 Å². The topological polar surface area (TPSA) is 105 Å². The highest BCUT2D eigenvalue weighted by molar-refractivity contribution is 6.34. The Morgan fingerprint density at radius 1 is 1.54 bits per heavy atom. The van der Waals surface area contributed by atoms with Gasteiger partial charge in [0.1, 0.15) is 11.5 Å². The molecule has 1 aliphatic heterocycles. The lowest BCUT2D eigenvalue weighted by molar-refractivity contribution is 0.102. The zero-order chi connectivity index (χ0) is 17.3. The third kappa shape index (κ3) is 3.05. The Labute approximate surface area is 142 Å². The highest BCUT2D eigenvalue weighted by Gasteiger charge is 2.33. The second-order valence-corrected chi connectivity index (χ2v) is 5.97. The summed E-state index contributed by atoms with van der Waals surface area (Å²) >= 11 is 5.86. The molecule has 0 bridgehead atoms. The van der Waals surface area contributed by atoms with Gasteiger partial charge in [-0.15, -0.1) is 0 Å². The molecule has 126 valence electrons. The van der Waals surface area contributed by atoms with Crippen LogP contribution in [0.1, 0.15) is 29.4 Å². The number of aliphatic imine (C=N–C) groups is 1. The number of halogens is 2. The molecule has 0 saturated carbocycles. The summed E-state index contributed by atoms with van der Waals surface area (Å²) in [6.07, 6.45) is 1.79. The van der Waals surface area contributed by atoms with Gasteiger partial charge in [0, 0.05) is 17.7 Å². The van der Waals surface area contributed by atoms with Gasteiger partial charge in [0.2, 0.25) is 0 Å². The number of nitrogens with one attached hydrogen (secondary N) is 2. The summed E-state index contributed by atoms with van der Waals surface area (Å²) in [6, 6.07) is 4.27. The van der Waals surface area contributed by atoms with E-state index in [1.165, 1.54) is 24.4 Å². The highest BCUT2D eigenvalue weighted by Crippen LogP contribution is 2.35. The first kappa shape index (κ1) is 16.3. The lowest BCUT2D eigenvalue weighted by atomic mass is 9.88. The molecule has 0 spiro atoms. The van der Waals surface area contributed by atoms with Crippen LogP contribution in [0.15, 0.2) is 29.4 Å². The average molecular weight is 352 g/mol. The monoisotopic (exact) mass is 351 g/mol. The first-order valence-electron chi connectivity index (χ1n) is 7.17. The Hall–Kier alpha value is -2.61. The number of carbonyl (C=O) groups is 1. The van der Waals surface area contributed by atoms with Gasteiger partial charge in [0.25, 0.3) is 11.9 Å². The summed E-state index contributed by atoms with van der Waals surface area (Å²) in [5, 5.41) is 9.04. The standard InChI is InChI=1S/C15H15ClFN5O2/c1-15(4-5-24-14(18)21-15)9-6-8(2-3-11(9)17)20-13(23)12-10(16)7-19-22-12/h2-3,6-7H,4-5H2,1H3,(H2,18,21)(H,19,22)(H,20,23)/t15-/m0/s1. The number of aromatic amines is 1. The zero-order valence-electron chi connectivity index (χ0n) is 12.8. The Balaban J connectivity index is 1.91. The van der Waals surface area contributed by atoms with Crippen LogP contribution in [0.3, 0.4) is 0 Å². The number of aromatic nitrogens is 2. The van der Waals surface area contributed by atoms with E-state index in [-0.39, 0.29) is 16.7 Å². The van der Waals surface area contributed by atoms with Crippen LogP contribution in [0, 0.1) is 5.82 Å². The van der Waals surface area contributed by atoms with Gasteiger partial charge in [0.15, 0.2) is 0 Å². The van der Waals surface area contributed by atoms with E-state index < -0.39 is 17.3 Å². The molecule has 0 saturated heterocycles. The van der Waals surface area contributed by atoms with Crippen molar-refractivity contribution in [3.05, 3.63) is 46.5 Å². The summed E-state index contributed by atoms with van der Waals surface area (Å²) in [5.41, 5.74) is 5.60. The largest absolute Gasteiger partial charge is 0.465 e. The number of H-pyrrole nitrogens is 1. The molecule has 2 heterocycles. The predicted octanol–water partition coefficient (Wildman–Crippen LogP) is 2.40. The van der Waals surface area contributed by atoms with Crippen molar-refractivity contribution in [3.63, 3.8) is 0 Å². The molecule has 4 N–H and O–H groups in total. The van der Waals surface area contributed by atoms with E-state index in [0.717, 1.165) is 0 Å². The van der Waals surface area contributed by atoms with Gasteiger partial charge >= 0.3 is 0 Å². The quantitative estimate of drug-likeness (QED) is 0.789. The Bertz CT molecular complexity index is 822. The number of nitrogens with zero attached hydrogens (tertiary/aromatic N) is 2. The third-order valence-electron chi connectivity index (χ3n) is 3.82. The molecule has 0 aliphatic carbocycles. The van der Waals surface area contributed by atoms with Gasteiger partial charge in [-0.05, 0) is 25.1 Å². The van der Waals surface area contributed by atoms with Crippen LogP contribution in [0.2, 0.25) is 5.02 Å². The van der Waals surface area contributed by atoms with Gasteiger partial charge in [-0.2, -0.15) is 5.10 Å². The van der Waals surface area contributed by atoms with Crippen LogP contribution < -0.4 is 11.1 Å². The fourth-order valence-corrected chi connectivity index (χ4v) is 2.70. The first-order valence-corrected chi connectivity index (χ1v) is 7.55. The lowest BCUT2D eigenvalue weighted by Crippen LogP contribution is -2.34. The fraction of sp³-hybridized carbons (Fsp3) is 0.267. The molecular weight excluding hydrogens is 337 g/mol. The summed E-state index contributed by atoms with van der Waals surface area (Å²) in [6.45, 7) is 2.10. The van der Waals surface area contributed by atoms with Crippen molar-refractivity contribution in [3.8, 4) is 0 Å². The summed E-state index contributed by atoms with van der Waals surface area (Å²) in [5.74, 6) is -0.913. The first-order chi connectivity index (χ1) is 11.4.